The van der Waals surface area contributed by atoms with Gasteiger partial charge in [-0.3, -0.25) is 9.69 Å². The second-order valence-corrected chi connectivity index (χ2v) is 7.87. The van der Waals surface area contributed by atoms with E-state index in [1.165, 1.54) is 0 Å². The first kappa shape index (κ1) is 16.7. The molecular formula is C11H19NO7S. The van der Waals surface area contributed by atoms with E-state index in [0.29, 0.717) is 0 Å². The van der Waals surface area contributed by atoms with E-state index in [1.807, 2.05) is 0 Å². The molecule has 1 heterocycles. The Labute approximate surface area is 117 Å². The highest BCUT2D eigenvalue weighted by Crippen LogP contribution is 2.21. The highest BCUT2D eigenvalue weighted by atomic mass is 32.2. The average Bonchev–Trinajstić information content (AvgIpc) is 2.45. The highest BCUT2D eigenvalue weighted by Gasteiger charge is 2.43. The number of aliphatic hydroxyl groups is 1. The zero-order valence-corrected chi connectivity index (χ0v) is 12.4. The van der Waals surface area contributed by atoms with E-state index >= 15 is 0 Å². The number of sulfone groups is 1. The fourth-order valence-corrected chi connectivity index (χ4v) is 3.69. The van der Waals surface area contributed by atoms with E-state index < -0.39 is 57.7 Å². The van der Waals surface area contributed by atoms with Gasteiger partial charge >= 0.3 is 12.1 Å². The Hall–Kier alpha value is -1.35. The van der Waals surface area contributed by atoms with Gasteiger partial charge in [0, 0.05) is 0 Å². The summed E-state index contributed by atoms with van der Waals surface area (Å²) in [4.78, 5) is 23.5. The summed E-state index contributed by atoms with van der Waals surface area (Å²) in [6.45, 7) is 4.08. The summed E-state index contributed by atoms with van der Waals surface area (Å²) in [6.07, 6.45) is -2.27. The Kier molecular flexibility index (Phi) is 4.65. The number of carboxylic acids is 1. The van der Waals surface area contributed by atoms with Crippen LogP contribution in [-0.4, -0.2) is 71.4 Å². The van der Waals surface area contributed by atoms with Gasteiger partial charge in [-0.1, -0.05) is 0 Å². The molecule has 9 heteroatoms. The van der Waals surface area contributed by atoms with Crippen LogP contribution in [0.1, 0.15) is 20.8 Å². The quantitative estimate of drug-likeness (QED) is 0.718. The lowest BCUT2D eigenvalue weighted by Crippen LogP contribution is -2.50. The molecule has 1 aliphatic heterocycles. The van der Waals surface area contributed by atoms with Gasteiger partial charge in [0.05, 0.1) is 23.7 Å². The standard InChI is InChI=1S/C11H19NO7S/c1-11(2,3)19-10(16)12(4-9(14)15)7-5-20(17,18)6-8(7)13/h7-8,13H,4-6H2,1-3H3,(H,14,15). The maximum Gasteiger partial charge on any atom is 0.411 e. The maximum absolute atomic E-state index is 12.0. The fourth-order valence-electron chi connectivity index (χ4n) is 1.89. The van der Waals surface area contributed by atoms with Crippen molar-refractivity contribution in [2.24, 2.45) is 0 Å². The third-order valence-corrected chi connectivity index (χ3v) is 4.33. The molecule has 0 bridgehead atoms. The number of amides is 1. The van der Waals surface area contributed by atoms with Crippen LogP contribution in [0.4, 0.5) is 4.79 Å². The van der Waals surface area contributed by atoms with Crippen LogP contribution in [-0.2, 0) is 19.4 Å². The van der Waals surface area contributed by atoms with Crippen molar-refractivity contribution in [3.8, 4) is 0 Å². The summed E-state index contributed by atoms with van der Waals surface area (Å²) in [5.41, 5.74) is -0.851. The Morgan fingerprint density at radius 1 is 1.30 bits per heavy atom. The number of carboxylic acid groups (broad SMARTS) is 1. The van der Waals surface area contributed by atoms with Gasteiger partial charge < -0.3 is 14.9 Å². The van der Waals surface area contributed by atoms with Crippen LogP contribution >= 0.6 is 0 Å². The van der Waals surface area contributed by atoms with Crippen LogP contribution in [0.5, 0.6) is 0 Å². The summed E-state index contributed by atoms with van der Waals surface area (Å²) >= 11 is 0. The molecule has 116 valence electrons. The monoisotopic (exact) mass is 309 g/mol. The van der Waals surface area contributed by atoms with Crippen molar-refractivity contribution in [3.05, 3.63) is 0 Å². The van der Waals surface area contributed by atoms with Gasteiger partial charge in [0.25, 0.3) is 0 Å². The number of ether oxygens (including phenoxy) is 1. The van der Waals surface area contributed by atoms with Crippen LogP contribution in [0.25, 0.3) is 0 Å². The van der Waals surface area contributed by atoms with Gasteiger partial charge in [-0.05, 0) is 20.8 Å². The van der Waals surface area contributed by atoms with Crippen molar-refractivity contribution in [1.82, 2.24) is 4.90 Å². The molecule has 0 aromatic heterocycles. The smallest absolute Gasteiger partial charge is 0.411 e. The summed E-state index contributed by atoms with van der Waals surface area (Å²) < 4.78 is 28.0. The Bertz CT molecular complexity index is 493. The number of nitrogens with zero attached hydrogens (tertiary/aromatic N) is 1. The lowest BCUT2D eigenvalue weighted by Gasteiger charge is -2.31. The summed E-state index contributed by atoms with van der Waals surface area (Å²) in [5, 5.41) is 18.6. The number of aliphatic carboxylic acids is 1. The fraction of sp³-hybridized carbons (Fsp3) is 0.818. The van der Waals surface area contributed by atoms with Gasteiger partial charge in [0.2, 0.25) is 0 Å². The lowest BCUT2D eigenvalue weighted by molar-refractivity contribution is -0.139. The van der Waals surface area contributed by atoms with Crippen LogP contribution in [0.3, 0.4) is 0 Å². The predicted octanol–water partition coefficient (Wildman–Crippen LogP) is -0.534. The molecule has 0 spiro atoms. The molecule has 20 heavy (non-hydrogen) atoms. The normalized spacial score (nSPS) is 25.2. The summed E-state index contributed by atoms with van der Waals surface area (Å²) in [6, 6.07) is -1.11. The molecular weight excluding hydrogens is 290 g/mol. The summed E-state index contributed by atoms with van der Waals surface area (Å²) in [7, 11) is -3.50. The van der Waals surface area contributed by atoms with Crippen LogP contribution in [0.15, 0.2) is 0 Å². The predicted molar refractivity (Wildman–Crippen MR) is 69.0 cm³/mol. The molecule has 0 aromatic carbocycles. The number of carbonyl (C=O) groups is 2. The molecule has 1 amide bonds. The number of hydrogen-bond acceptors (Lipinski definition) is 6. The first-order valence-corrected chi connectivity index (χ1v) is 7.83. The van der Waals surface area contributed by atoms with Gasteiger partial charge in [0.15, 0.2) is 9.84 Å². The number of hydrogen-bond donors (Lipinski definition) is 2. The molecule has 2 N–H and O–H groups in total. The Morgan fingerprint density at radius 3 is 2.20 bits per heavy atom. The van der Waals surface area contributed by atoms with Crippen molar-refractivity contribution in [3.63, 3.8) is 0 Å². The van der Waals surface area contributed by atoms with Crippen molar-refractivity contribution >= 4 is 21.9 Å². The van der Waals surface area contributed by atoms with Gasteiger partial charge in [-0.25, -0.2) is 13.2 Å². The van der Waals surface area contributed by atoms with E-state index in [0.717, 1.165) is 4.90 Å². The minimum absolute atomic E-state index is 0.472. The molecule has 2 atom stereocenters. The molecule has 0 radical (unpaired) electrons. The summed E-state index contributed by atoms with van der Waals surface area (Å²) in [5.74, 6) is -2.27. The molecule has 1 rings (SSSR count). The number of carbonyl (C=O) groups excluding carboxylic acids is 1. The molecule has 2 unspecified atom stereocenters. The molecule has 8 nitrogen and oxygen atoms in total. The second kappa shape index (κ2) is 5.57. The van der Waals surface area contributed by atoms with Gasteiger partial charge in [-0.15, -0.1) is 0 Å². The third-order valence-electron chi connectivity index (χ3n) is 2.63. The molecule has 0 aromatic rings. The highest BCUT2D eigenvalue weighted by molar-refractivity contribution is 7.91. The van der Waals surface area contributed by atoms with E-state index in [4.69, 9.17) is 9.84 Å². The van der Waals surface area contributed by atoms with E-state index in [2.05, 4.69) is 0 Å². The van der Waals surface area contributed by atoms with E-state index in [-0.39, 0.29) is 0 Å². The van der Waals surface area contributed by atoms with Gasteiger partial charge in [-0.2, -0.15) is 0 Å². The molecule has 1 aliphatic rings. The SMILES string of the molecule is CC(C)(C)OC(=O)N(CC(=O)O)C1CS(=O)(=O)CC1O. The zero-order chi connectivity index (χ0) is 15.7. The first-order valence-electron chi connectivity index (χ1n) is 6.01. The molecule has 1 fully saturated rings. The van der Waals surface area contributed by atoms with Crippen molar-refractivity contribution in [1.29, 1.82) is 0 Å². The number of rotatable bonds is 3. The molecule has 1 saturated heterocycles. The topological polar surface area (TPSA) is 121 Å². The minimum atomic E-state index is -3.50. The third kappa shape index (κ3) is 4.64. The van der Waals surface area contributed by atoms with E-state index in [9.17, 15) is 23.1 Å². The lowest BCUT2D eigenvalue weighted by atomic mass is 10.2. The van der Waals surface area contributed by atoms with Crippen molar-refractivity contribution < 1.29 is 33.0 Å². The first-order chi connectivity index (χ1) is 8.91. The Morgan fingerprint density at radius 2 is 1.85 bits per heavy atom. The number of aliphatic hydroxyl groups excluding tert-OH is 1. The average molecular weight is 309 g/mol. The molecule has 0 aliphatic carbocycles. The van der Waals surface area contributed by atoms with Crippen molar-refractivity contribution in [2.75, 3.05) is 18.1 Å². The maximum atomic E-state index is 12.0. The van der Waals surface area contributed by atoms with Crippen LogP contribution < -0.4 is 0 Å². The minimum Gasteiger partial charge on any atom is -0.480 e. The van der Waals surface area contributed by atoms with Crippen molar-refractivity contribution in [2.45, 2.75) is 38.5 Å². The largest absolute Gasteiger partial charge is 0.480 e. The van der Waals surface area contributed by atoms with Gasteiger partial charge in [0.1, 0.15) is 12.1 Å². The van der Waals surface area contributed by atoms with Crippen LogP contribution in [0, 0.1) is 0 Å². The molecule has 0 saturated carbocycles. The Balaban J connectivity index is 2.95. The van der Waals surface area contributed by atoms with E-state index in [1.54, 1.807) is 20.8 Å². The second-order valence-electron chi connectivity index (χ2n) is 5.71. The zero-order valence-electron chi connectivity index (χ0n) is 11.6. The van der Waals surface area contributed by atoms with Crippen LogP contribution in [0.2, 0.25) is 0 Å².